The number of hydrogen-bond donors (Lipinski definition) is 1. The van der Waals surface area contributed by atoms with Crippen molar-refractivity contribution in [3.8, 4) is 0 Å². The van der Waals surface area contributed by atoms with Gasteiger partial charge in [-0.15, -0.1) is 0 Å². The number of carbonyl (C=O) groups excluding carboxylic acids is 1. The molecule has 1 aromatic carbocycles. The van der Waals surface area contributed by atoms with Crippen molar-refractivity contribution < 1.29 is 27.5 Å². The Morgan fingerprint density at radius 1 is 1.17 bits per heavy atom. The summed E-state index contributed by atoms with van der Waals surface area (Å²) in [6.07, 6.45) is -1.40. The van der Waals surface area contributed by atoms with Crippen LogP contribution < -0.4 is 4.67 Å². The molecular weight excluding hydrogens is 420 g/mol. The highest BCUT2D eigenvalue weighted by atomic mass is 32.1. The van der Waals surface area contributed by atoms with Gasteiger partial charge in [0.2, 0.25) is 0 Å². The van der Waals surface area contributed by atoms with Gasteiger partial charge in [-0.2, -0.15) is 18.2 Å². The first kappa shape index (κ1) is 24.3. The molecule has 30 heavy (non-hydrogen) atoms. The Hall–Kier alpha value is -2.00. The lowest BCUT2D eigenvalue weighted by atomic mass is 10.00. The van der Waals surface area contributed by atoms with Crippen LogP contribution in [0.1, 0.15) is 68.9 Å². The van der Waals surface area contributed by atoms with Gasteiger partial charge in [0.1, 0.15) is 10.5 Å². The van der Waals surface area contributed by atoms with Crippen LogP contribution in [-0.4, -0.2) is 20.6 Å². The van der Waals surface area contributed by atoms with Gasteiger partial charge in [0.05, 0.1) is 16.7 Å². The minimum Gasteiger partial charge on any atom is -0.390 e. The number of nitrogens with zero attached hydrogens (tertiary/aromatic N) is 2. The molecule has 1 amide bonds. The lowest BCUT2D eigenvalue weighted by Crippen LogP contribution is -2.19. The number of aryl methyl sites for hydroxylation is 1. The van der Waals surface area contributed by atoms with E-state index in [1.165, 1.54) is 11.5 Å². The van der Waals surface area contributed by atoms with Crippen molar-refractivity contribution >= 4 is 17.4 Å². The third kappa shape index (κ3) is 6.25. The van der Waals surface area contributed by atoms with Crippen molar-refractivity contribution in [2.45, 2.75) is 71.2 Å². The maximum absolute atomic E-state index is 14.3. The molecule has 0 bridgehead atoms. The zero-order chi connectivity index (χ0) is 22.9. The number of halogens is 4. The zero-order valence-corrected chi connectivity index (χ0v) is 18.4. The first-order chi connectivity index (χ1) is 13.6. The molecule has 166 valence electrons. The monoisotopic (exact) mass is 446 g/mol. The van der Waals surface area contributed by atoms with Gasteiger partial charge in [-0.25, -0.2) is 4.39 Å². The minimum absolute atomic E-state index is 0.298. The highest BCUT2D eigenvalue weighted by Crippen LogP contribution is 2.32. The fourth-order valence-electron chi connectivity index (χ4n) is 2.75. The van der Waals surface area contributed by atoms with E-state index in [-0.39, 0.29) is 5.54 Å². The maximum atomic E-state index is 14.3. The van der Waals surface area contributed by atoms with Gasteiger partial charge in [0.15, 0.2) is 0 Å². The van der Waals surface area contributed by atoms with E-state index in [0.29, 0.717) is 30.0 Å². The van der Waals surface area contributed by atoms with E-state index in [9.17, 15) is 27.5 Å². The second kappa shape index (κ2) is 8.63. The van der Waals surface area contributed by atoms with E-state index in [1.807, 2.05) is 30.9 Å². The van der Waals surface area contributed by atoms with Gasteiger partial charge in [-0.3, -0.25) is 8.75 Å². The summed E-state index contributed by atoms with van der Waals surface area (Å²) in [5, 5.41) is 9.90. The Kier molecular flexibility index (Phi) is 6.98. The summed E-state index contributed by atoms with van der Waals surface area (Å²) in [5.74, 6) is -2.69. The van der Waals surface area contributed by atoms with E-state index in [1.54, 1.807) is 13.8 Å². The molecule has 9 heteroatoms. The van der Waals surface area contributed by atoms with Crippen LogP contribution in [0.4, 0.5) is 17.6 Å². The van der Waals surface area contributed by atoms with Crippen LogP contribution >= 0.6 is 11.5 Å². The molecule has 0 atom stereocenters. The average molecular weight is 447 g/mol. The van der Waals surface area contributed by atoms with Crippen molar-refractivity contribution in [1.29, 1.82) is 0 Å². The average Bonchev–Trinajstić information content (AvgIpc) is 2.95. The fraction of sp³-hybridized carbons (Fsp3) is 0.524. The number of hydrogen-bond acceptors (Lipinski definition) is 3. The predicted molar refractivity (Wildman–Crippen MR) is 108 cm³/mol. The molecule has 0 aliphatic rings. The summed E-state index contributed by atoms with van der Waals surface area (Å²) in [7, 11) is 0. The molecule has 4 nitrogen and oxygen atoms in total. The summed E-state index contributed by atoms with van der Waals surface area (Å²) < 4.78 is 55.4. The van der Waals surface area contributed by atoms with E-state index in [4.69, 9.17) is 0 Å². The Bertz CT molecular complexity index is 977. The standard InChI is InChI=1S/C21H26F4N2O2S/c1-19(2,3)27-12-13(8-7-11-20(4,5)29)18(30-27)26-17(28)14-9-6-10-15(16(14)22)21(23,24)25/h6,9-10,12,29H,7-8,11H2,1-5H3/b26-18-. The van der Waals surface area contributed by atoms with Gasteiger partial charge < -0.3 is 5.11 Å². The Labute approximate surface area is 177 Å². The largest absolute Gasteiger partial charge is 0.419 e. The molecule has 0 saturated heterocycles. The van der Waals surface area contributed by atoms with Crippen molar-refractivity contribution in [1.82, 2.24) is 3.96 Å². The third-order valence-corrected chi connectivity index (χ3v) is 5.74. The lowest BCUT2D eigenvalue weighted by molar-refractivity contribution is -0.140. The lowest BCUT2D eigenvalue weighted by Gasteiger charge is -2.19. The molecule has 1 heterocycles. The number of carbonyl (C=O) groups is 1. The summed E-state index contributed by atoms with van der Waals surface area (Å²) in [5.41, 5.74) is -2.63. The first-order valence-electron chi connectivity index (χ1n) is 9.49. The Balaban J connectivity index is 2.46. The van der Waals surface area contributed by atoms with Crippen LogP contribution in [0.25, 0.3) is 0 Å². The van der Waals surface area contributed by atoms with Crippen LogP contribution in [0.5, 0.6) is 0 Å². The second-order valence-electron chi connectivity index (χ2n) is 8.80. The fourth-order valence-corrected chi connectivity index (χ4v) is 3.79. The van der Waals surface area contributed by atoms with Crippen LogP contribution in [0.3, 0.4) is 0 Å². The highest BCUT2D eigenvalue weighted by Gasteiger charge is 2.35. The van der Waals surface area contributed by atoms with Crippen molar-refractivity contribution in [3.63, 3.8) is 0 Å². The van der Waals surface area contributed by atoms with Crippen LogP contribution in [-0.2, 0) is 18.1 Å². The molecule has 0 fully saturated rings. The van der Waals surface area contributed by atoms with E-state index in [0.717, 1.165) is 17.7 Å². The highest BCUT2D eigenvalue weighted by molar-refractivity contribution is 7.04. The van der Waals surface area contributed by atoms with Gasteiger partial charge in [-0.1, -0.05) is 6.07 Å². The normalized spacial score (nSPS) is 13.7. The van der Waals surface area contributed by atoms with Gasteiger partial charge in [0.25, 0.3) is 5.91 Å². The Morgan fingerprint density at radius 3 is 2.33 bits per heavy atom. The van der Waals surface area contributed by atoms with Gasteiger partial charge in [-0.05, 0) is 77.5 Å². The SMILES string of the molecule is CC(C)(O)CCCc1cn(C(C)(C)C)s/c1=N\C(=O)c1cccc(C(F)(F)F)c1F. The predicted octanol–water partition coefficient (Wildman–Crippen LogP) is 5.30. The summed E-state index contributed by atoms with van der Waals surface area (Å²) in [6, 6.07) is 2.57. The summed E-state index contributed by atoms with van der Waals surface area (Å²) in [4.78, 5) is 16.5. The molecular formula is C21H26F4N2O2S. The molecule has 2 rings (SSSR count). The smallest absolute Gasteiger partial charge is 0.390 e. The molecule has 0 unspecified atom stereocenters. The third-order valence-electron chi connectivity index (χ3n) is 4.37. The molecule has 2 aromatic rings. The molecule has 1 aromatic heterocycles. The topological polar surface area (TPSA) is 54.6 Å². The zero-order valence-electron chi connectivity index (χ0n) is 17.6. The number of aliphatic hydroxyl groups is 1. The van der Waals surface area contributed by atoms with Crippen LogP contribution in [0, 0.1) is 5.82 Å². The molecule has 0 aliphatic heterocycles. The first-order valence-corrected chi connectivity index (χ1v) is 10.3. The van der Waals surface area contributed by atoms with E-state index in [2.05, 4.69) is 4.99 Å². The number of benzene rings is 1. The van der Waals surface area contributed by atoms with Crippen LogP contribution in [0.15, 0.2) is 29.4 Å². The Morgan fingerprint density at radius 2 is 1.80 bits per heavy atom. The summed E-state index contributed by atoms with van der Waals surface area (Å²) >= 11 is 1.18. The maximum Gasteiger partial charge on any atom is 0.419 e. The molecule has 0 aliphatic carbocycles. The van der Waals surface area contributed by atoms with Crippen molar-refractivity contribution in [2.75, 3.05) is 0 Å². The van der Waals surface area contributed by atoms with Crippen molar-refractivity contribution in [2.24, 2.45) is 4.99 Å². The number of rotatable bonds is 5. The quantitative estimate of drug-likeness (QED) is 0.634. The summed E-state index contributed by atoms with van der Waals surface area (Å²) in [6.45, 7) is 9.27. The van der Waals surface area contributed by atoms with Crippen LogP contribution in [0.2, 0.25) is 0 Å². The molecule has 1 N–H and O–H groups in total. The number of alkyl halides is 3. The molecule has 0 spiro atoms. The number of aromatic nitrogens is 1. The molecule has 0 radical (unpaired) electrons. The number of amides is 1. The second-order valence-corrected chi connectivity index (χ2v) is 9.76. The van der Waals surface area contributed by atoms with Gasteiger partial charge >= 0.3 is 6.18 Å². The minimum atomic E-state index is -4.90. The van der Waals surface area contributed by atoms with E-state index < -0.39 is 34.6 Å². The van der Waals surface area contributed by atoms with E-state index >= 15 is 0 Å². The molecule has 0 saturated carbocycles. The van der Waals surface area contributed by atoms with Gasteiger partial charge in [0, 0.05) is 17.3 Å². The van der Waals surface area contributed by atoms with Crippen molar-refractivity contribution in [3.05, 3.63) is 51.6 Å².